The van der Waals surface area contributed by atoms with Gasteiger partial charge >= 0.3 is 0 Å². The van der Waals surface area contributed by atoms with E-state index in [0.717, 1.165) is 17.0 Å². The predicted molar refractivity (Wildman–Crippen MR) is 68.4 cm³/mol. The minimum atomic E-state index is -0.755. The van der Waals surface area contributed by atoms with Gasteiger partial charge in [0, 0.05) is 29.0 Å². The molecule has 3 heterocycles. The van der Waals surface area contributed by atoms with Crippen molar-refractivity contribution in [3.63, 3.8) is 0 Å². The second kappa shape index (κ2) is 4.30. The number of fused-ring (bicyclic) bond motifs is 2. The van der Waals surface area contributed by atoms with E-state index in [1.54, 1.807) is 0 Å². The van der Waals surface area contributed by atoms with Crippen LogP contribution in [0.25, 0.3) is 0 Å². The molecule has 2 bridgehead atoms. The summed E-state index contributed by atoms with van der Waals surface area (Å²) in [7, 11) is 0. The molecule has 2 N–H and O–H groups in total. The number of aliphatic hydroxyl groups is 1. The fourth-order valence-corrected chi connectivity index (χ4v) is 3.31. The number of morpholine rings is 1. The number of aryl methyl sites for hydroxylation is 2. The number of nitrogens with zero attached hydrogens (tertiary/aromatic N) is 1. The number of piperidine rings is 1. The van der Waals surface area contributed by atoms with E-state index in [0.29, 0.717) is 26.1 Å². The van der Waals surface area contributed by atoms with Crippen LogP contribution in [0.15, 0.2) is 12.1 Å². The summed E-state index contributed by atoms with van der Waals surface area (Å²) in [5.41, 5.74) is 2.16. The predicted octanol–water partition coefficient (Wildman–Crippen LogP) is 1.04. The van der Waals surface area contributed by atoms with Gasteiger partial charge in [0.15, 0.2) is 0 Å². The number of ether oxygens (including phenoxy) is 1. The minimum Gasteiger partial charge on any atom is -0.385 e. The maximum absolute atomic E-state index is 11.0. The molecule has 0 amide bonds. The number of hydrogen-bond donors (Lipinski definition) is 2. The summed E-state index contributed by atoms with van der Waals surface area (Å²) in [6.07, 6.45) is 1.41. The van der Waals surface area contributed by atoms with E-state index in [9.17, 15) is 5.11 Å². The normalized spacial score (nSPS) is 35.5. The third-order valence-corrected chi connectivity index (χ3v) is 4.00. The molecule has 0 aromatic carbocycles. The molecule has 1 aromatic rings. The van der Waals surface area contributed by atoms with Gasteiger partial charge in [-0.15, -0.1) is 0 Å². The Bertz CT molecular complexity index is 449. The van der Waals surface area contributed by atoms with E-state index in [4.69, 9.17) is 4.74 Å². The van der Waals surface area contributed by atoms with Crippen molar-refractivity contribution in [1.29, 1.82) is 0 Å². The highest BCUT2D eigenvalue weighted by atomic mass is 16.5. The molecule has 1 aromatic heterocycles. The number of pyridine rings is 1. The quantitative estimate of drug-likeness (QED) is 0.779. The van der Waals surface area contributed by atoms with Crippen molar-refractivity contribution in [2.24, 2.45) is 0 Å². The number of nitrogens with one attached hydrogen (secondary N) is 1. The van der Waals surface area contributed by atoms with Crippen molar-refractivity contribution in [3.05, 3.63) is 29.1 Å². The van der Waals surface area contributed by atoms with Crippen LogP contribution in [0.5, 0.6) is 0 Å². The van der Waals surface area contributed by atoms with Crippen LogP contribution in [0, 0.1) is 13.8 Å². The number of rotatable bonds is 1. The Morgan fingerprint density at radius 3 is 2.56 bits per heavy atom. The first-order valence-corrected chi connectivity index (χ1v) is 6.58. The molecule has 0 spiro atoms. The fraction of sp³-hybridized carbons (Fsp3) is 0.643. The van der Waals surface area contributed by atoms with Crippen LogP contribution >= 0.6 is 0 Å². The lowest BCUT2D eigenvalue weighted by molar-refractivity contribution is -0.0806. The van der Waals surface area contributed by atoms with Gasteiger partial charge in [-0.2, -0.15) is 0 Å². The average molecular weight is 248 g/mol. The highest BCUT2D eigenvalue weighted by molar-refractivity contribution is 5.29. The summed E-state index contributed by atoms with van der Waals surface area (Å²) in [4.78, 5) is 4.48. The first kappa shape index (κ1) is 12.1. The van der Waals surface area contributed by atoms with E-state index in [2.05, 4.69) is 10.3 Å². The van der Waals surface area contributed by atoms with Crippen LogP contribution in [-0.2, 0) is 10.3 Å². The van der Waals surface area contributed by atoms with Crippen LogP contribution in [0.3, 0.4) is 0 Å². The van der Waals surface area contributed by atoms with Crippen LogP contribution < -0.4 is 5.32 Å². The fourth-order valence-electron chi connectivity index (χ4n) is 3.31. The summed E-state index contributed by atoms with van der Waals surface area (Å²) in [6, 6.07) is 4.51. The average Bonchev–Trinajstić information content (AvgIpc) is 2.27. The number of aromatic nitrogens is 1. The Balaban J connectivity index is 1.94. The first-order chi connectivity index (χ1) is 8.57. The Kier molecular flexibility index (Phi) is 2.88. The third kappa shape index (κ3) is 2.05. The lowest BCUT2D eigenvalue weighted by atomic mass is 9.77. The van der Waals surface area contributed by atoms with Gasteiger partial charge < -0.3 is 15.2 Å². The molecule has 0 radical (unpaired) electrons. The van der Waals surface area contributed by atoms with Crippen LogP contribution in [0.1, 0.15) is 29.8 Å². The molecule has 3 rings (SSSR count). The van der Waals surface area contributed by atoms with Gasteiger partial charge in [0.05, 0.1) is 18.8 Å². The molecule has 4 nitrogen and oxygen atoms in total. The van der Waals surface area contributed by atoms with Crippen LogP contribution in [-0.4, -0.2) is 35.4 Å². The SMILES string of the molecule is Cc1ccc(C2(O)CC3COCC(C2)N3)c(C)n1. The first-order valence-electron chi connectivity index (χ1n) is 6.58. The molecule has 18 heavy (non-hydrogen) atoms. The summed E-state index contributed by atoms with van der Waals surface area (Å²) < 4.78 is 5.53. The van der Waals surface area contributed by atoms with E-state index in [-0.39, 0.29) is 12.1 Å². The summed E-state index contributed by atoms with van der Waals surface area (Å²) in [6.45, 7) is 5.34. The molecule has 2 saturated heterocycles. The lowest BCUT2D eigenvalue weighted by Gasteiger charge is -2.45. The summed E-state index contributed by atoms with van der Waals surface area (Å²) in [5, 5.41) is 14.5. The topological polar surface area (TPSA) is 54.4 Å². The van der Waals surface area contributed by atoms with E-state index in [1.807, 2.05) is 26.0 Å². The molecular weight excluding hydrogens is 228 g/mol. The third-order valence-electron chi connectivity index (χ3n) is 4.00. The summed E-state index contributed by atoms with van der Waals surface area (Å²) >= 11 is 0. The van der Waals surface area contributed by atoms with E-state index in [1.165, 1.54) is 0 Å². The van der Waals surface area contributed by atoms with Gasteiger partial charge in [0.25, 0.3) is 0 Å². The van der Waals surface area contributed by atoms with Crippen molar-refractivity contribution in [2.75, 3.05) is 13.2 Å². The van der Waals surface area contributed by atoms with Crippen molar-refractivity contribution in [1.82, 2.24) is 10.3 Å². The van der Waals surface area contributed by atoms with Gasteiger partial charge in [0.1, 0.15) is 0 Å². The second-order valence-electron chi connectivity index (χ2n) is 5.62. The molecule has 2 aliphatic heterocycles. The molecule has 0 aliphatic carbocycles. The van der Waals surface area contributed by atoms with E-state index < -0.39 is 5.60 Å². The molecule has 98 valence electrons. The number of hydrogen-bond acceptors (Lipinski definition) is 4. The Hall–Kier alpha value is -0.970. The van der Waals surface area contributed by atoms with Crippen molar-refractivity contribution in [2.45, 2.75) is 44.4 Å². The molecule has 2 unspecified atom stereocenters. The zero-order chi connectivity index (χ0) is 12.8. The van der Waals surface area contributed by atoms with Gasteiger partial charge in [-0.1, -0.05) is 6.07 Å². The molecule has 0 saturated carbocycles. The van der Waals surface area contributed by atoms with Gasteiger partial charge in [0.2, 0.25) is 0 Å². The maximum Gasteiger partial charge on any atom is 0.0945 e. The molecule has 2 aliphatic rings. The van der Waals surface area contributed by atoms with Gasteiger partial charge in [-0.05, 0) is 32.8 Å². The van der Waals surface area contributed by atoms with Crippen LogP contribution in [0.4, 0.5) is 0 Å². The van der Waals surface area contributed by atoms with Crippen molar-refractivity contribution < 1.29 is 9.84 Å². The highest BCUT2D eigenvalue weighted by Crippen LogP contribution is 2.37. The Labute approximate surface area is 107 Å². The van der Waals surface area contributed by atoms with Crippen molar-refractivity contribution in [3.8, 4) is 0 Å². The van der Waals surface area contributed by atoms with Gasteiger partial charge in [-0.3, -0.25) is 4.98 Å². The zero-order valence-electron chi connectivity index (χ0n) is 10.9. The monoisotopic (exact) mass is 248 g/mol. The van der Waals surface area contributed by atoms with Crippen LogP contribution in [0.2, 0.25) is 0 Å². The molecule has 2 atom stereocenters. The van der Waals surface area contributed by atoms with Gasteiger partial charge in [-0.25, -0.2) is 0 Å². The smallest absolute Gasteiger partial charge is 0.0945 e. The molecule has 2 fully saturated rings. The maximum atomic E-state index is 11.0. The van der Waals surface area contributed by atoms with E-state index >= 15 is 0 Å². The zero-order valence-corrected chi connectivity index (χ0v) is 10.9. The Morgan fingerprint density at radius 2 is 1.94 bits per heavy atom. The van der Waals surface area contributed by atoms with Crippen molar-refractivity contribution >= 4 is 0 Å². The summed E-state index contributed by atoms with van der Waals surface area (Å²) in [5.74, 6) is 0. The standard InChI is InChI=1S/C14H20N2O2/c1-9-3-4-13(10(2)15-9)14(17)5-11-7-18-8-12(6-14)16-11/h3-4,11-12,16-17H,5-8H2,1-2H3. The molecular formula is C14H20N2O2. The Morgan fingerprint density at radius 1 is 1.28 bits per heavy atom. The minimum absolute atomic E-state index is 0.253. The highest BCUT2D eigenvalue weighted by Gasteiger charge is 2.43. The largest absolute Gasteiger partial charge is 0.385 e. The second-order valence-corrected chi connectivity index (χ2v) is 5.62. The molecule has 4 heteroatoms. The lowest BCUT2D eigenvalue weighted by Crippen LogP contribution is -2.58.